The number of nitrogens with zero attached hydrogens (tertiary/aromatic N) is 3. The van der Waals surface area contributed by atoms with Gasteiger partial charge < -0.3 is 27.0 Å². The Labute approximate surface area is 207 Å². The quantitative estimate of drug-likeness (QED) is 0.141. The van der Waals surface area contributed by atoms with Gasteiger partial charge in [-0.25, -0.2) is 0 Å². The van der Waals surface area contributed by atoms with Gasteiger partial charge in [-0.15, -0.1) is 0 Å². The molecule has 1 heterocycles. The maximum atomic E-state index is 10.1. The van der Waals surface area contributed by atoms with Gasteiger partial charge in [0.25, 0.3) is 0 Å². The van der Waals surface area contributed by atoms with Gasteiger partial charge in [0, 0.05) is 12.1 Å². The molecule has 14 heteroatoms. The Morgan fingerprint density at radius 1 is 1.11 bits per heavy atom. The molecule has 0 aromatic carbocycles. The summed E-state index contributed by atoms with van der Waals surface area (Å²) in [5, 5.41) is 17.1. The molecule has 0 atom stereocenters. The molecule has 0 fully saturated rings. The average Bonchev–Trinajstić information content (AvgIpc) is 2.44. The Morgan fingerprint density at radius 3 is 1.85 bits per heavy atom. The third-order valence-corrected chi connectivity index (χ3v) is 3.41. The van der Waals surface area contributed by atoms with E-state index in [-0.39, 0.29) is 52.8 Å². The molecule has 0 amide bonds. The largest absolute Gasteiger partial charge is 1.00 e. The summed E-state index contributed by atoms with van der Waals surface area (Å²) in [5.41, 5.74) is 0. The van der Waals surface area contributed by atoms with Crippen LogP contribution in [-0.2, 0) is 9.36 Å². The Bertz CT molecular complexity index is 597. The molecule has 27 heavy (non-hydrogen) atoms. The zero-order valence-electron chi connectivity index (χ0n) is 17.4. The van der Waals surface area contributed by atoms with Crippen LogP contribution in [0.2, 0.25) is 0 Å². The normalized spacial score (nSPS) is 10.7. The number of carbonyl (C=O) groups is 1. The number of rotatable bonds is 9. The summed E-state index contributed by atoms with van der Waals surface area (Å²) in [6.07, 6.45) is 1.35. The second-order valence-electron chi connectivity index (χ2n) is 5.71. The Morgan fingerprint density at radius 2 is 1.56 bits per heavy atom. The van der Waals surface area contributed by atoms with Crippen molar-refractivity contribution in [3.05, 3.63) is 0 Å². The average molecular weight is 451 g/mol. The van der Waals surface area contributed by atoms with E-state index in [0.29, 0.717) is 24.0 Å². The van der Waals surface area contributed by atoms with Gasteiger partial charge in [-0.3, -0.25) is 14.7 Å². The monoisotopic (exact) mass is 450 g/mol. The molecular formula is C13H28KN6O5PS. The fraction of sp³-hybridized carbons (Fsp3) is 0.692. The summed E-state index contributed by atoms with van der Waals surface area (Å²) in [5.74, 6) is 0.100. The molecule has 1 aromatic heterocycles. The third-order valence-electron chi connectivity index (χ3n) is 2.23. The second-order valence-corrected chi connectivity index (χ2v) is 8.13. The van der Waals surface area contributed by atoms with Crippen LogP contribution in [0.4, 0.5) is 11.9 Å². The number of thioether (sulfide) groups is 1. The molecule has 0 saturated carbocycles. The van der Waals surface area contributed by atoms with Crippen molar-refractivity contribution in [1.29, 1.82) is 0 Å². The molecule has 0 aliphatic rings. The number of nitrogens with one attached hydrogen (secondary N) is 3. The summed E-state index contributed by atoms with van der Waals surface area (Å²) in [7, 11) is -4.10. The molecule has 1 aromatic rings. The Kier molecular flexibility index (Phi) is 16.4. The SMILES string of the molecule is CSc1nc(NC(C)C)nc(NC(C)C)n1.O=C(O)CNCP(=O)(O)O.[H-].[K+]. The van der Waals surface area contributed by atoms with Crippen LogP contribution in [0.3, 0.4) is 0 Å². The first-order valence-corrected chi connectivity index (χ1v) is 10.8. The van der Waals surface area contributed by atoms with E-state index >= 15 is 0 Å². The molecule has 0 spiro atoms. The number of aliphatic carboxylic acids is 1. The van der Waals surface area contributed by atoms with Crippen molar-refractivity contribution in [2.75, 3.05) is 29.7 Å². The second kappa shape index (κ2) is 15.1. The molecule has 0 bridgehead atoms. The van der Waals surface area contributed by atoms with Crippen molar-refractivity contribution in [3.63, 3.8) is 0 Å². The molecule has 0 unspecified atom stereocenters. The predicted octanol–water partition coefficient (Wildman–Crippen LogP) is -1.85. The Balaban J connectivity index is -0.000000458. The number of anilines is 2. The van der Waals surface area contributed by atoms with E-state index in [1.165, 1.54) is 11.8 Å². The van der Waals surface area contributed by atoms with Gasteiger partial charge >= 0.3 is 64.9 Å². The first-order valence-electron chi connectivity index (χ1n) is 7.73. The van der Waals surface area contributed by atoms with Crippen LogP contribution in [0.25, 0.3) is 0 Å². The van der Waals surface area contributed by atoms with Crippen LogP contribution in [0.5, 0.6) is 0 Å². The molecule has 6 N–H and O–H groups in total. The third kappa shape index (κ3) is 18.0. The minimum absolute atomic E-state index is 0. The number of aromatic nitrogens is 3. The Hall–Kier alpha value is 0.176. The van der Waals surface area contributed by atoms with E-state index in [1.54, 1.807) is 0 Å². The summed E-state index contributed by atoms with van der Waals surface area (Å²) in [6.45, 7) is 7.78. The smallest absolute Gasteiger partial charge is 1.00 e. The van der Waals surface area contributed by atoms with E-state index in [4.69, 9.17) is 14.9 Å². The minimum atomic E-state index is -4.10. The number of hydrogen-bond donors (Lipinski definition) is 6. The van der Waals surface area contributed by atoms with Crippen molar-refractivity contribution in [2.45, 2.75) is 44.9 Å². The van der Waals surface area contributed by atoms with Gasteiger partial charge in [0.05, 0.1) is 12.8 Å². The van der Waals surface area contributed by atoms with Crippen molar-refractivity contribution in [1.82, 2.24) is 20.3 Å². The topological polar surface area (TPSA) is 170 Å². The standard InChI is InChI=1S/C10H19N5S.C3H8NO5P.K.H/c1-6(2)11-8-13-9(12-7(3)4)15-10(14-8)16-5;5-3(6)1-4-2-10(7,8)9;;/h6-7H,1-5H3,(H2,11,12,13,14,15);4H,1-2H2,(H,5,6)(H2,7,8,9);;/q;;+1;-1. The molecule has 0 saturated heterocycles. The van der Waals surface area contributed by atoms with Crippen LogP contribution in [0, 0.1) is 0 Å². The summed E-state index contributed by atoms with van der Waals surface area (Å²) < 4.78 is 10.1. The van der Waals surface area contributed by atoms with Crippen molar-refractivity contribution < 1.29 is 77.1 Å². The van der Waals surface area contributed by atoms with Crippen LogP contribution in [0.1, 0.15) is 29.1 Å². The minimum Gasteiger partial charge on any atom is -1.00 e. The van der Waals surface area contributed by atoms with Gasteiger partial charge in [-0.2, -0.15) is 15.0 Å². The van der Waals surface area contributed by atoms with E-state index in [2.05, 4.69) is 58.6 Å². The molecule has 11 nitrogen and oxygen atoms in total. The van der Waals surface area contributed by atoms with Crippen LogP contribution in [-0.4, -0.2) is 67.0 Å². The van der Waals surface area contributed by atoms with Crippen molar-refractivity contribution in [3.8, 4) is 0 Å². The van der Waals surface area contributed by atoms with Gasteiger partial charge in [0.2, 0.25) is 11.9 Å². The molecule has 0 aliphatic carbocycles. The first-order chi connectivity index (χ1) is 11.9. The van der Waals surface area contributed by atoms with Gasteiger partial charge in [0.1, 0.15) is 0 Å². The van der Waals surface area contributed by atoms with Crippen LogP contribution >= 0.6 is 19.4 Å². The van der Waals surface area contributed by atoms with E-state index in [9.17, 15) is 9.36 Å². The molecular weight excluding hydrogens is 422 g/mol. The first kappa shape index (κ1) is 29.4. The van der Waals surface area contributed by atoms with Gasteiger partial charge in [-0.1, -0.05) is 11.8 Å². The number of carboxylic acid groups (broad SMARTS) is 1. The number of hydrogen-bond acceptors (Lipinski definition) is 9. The summed E-state index contributed by atoms with van der Waals surface area (Å²) in [6, 6.07) is 0.619. The maximum absolute atomic E-state index is 10.1. The summed E-state index contributed by atoms with van der Waals surface area (Å²) >= 11 is 1.51. The van der Waals surface area contributed by atoms with E-state index < -0.39 is 26.4 Å². The van der Waals surface area contributed by atoms with Crippen molar-refractivity contribution in [2.24, 2.45) is 0 Å². The van der Waals surface area contributed by atoms with Crippen LogP contribution < -0.4 is 67.3 Å². The fourth-order valence-electron chi connectivity index (χ4n) is 1.40. The fourth-order valence-corrected chi connectivity index (χ4v) is 2.16. The number of carboxylic acids is 1. The maximum Gasteiger partial charge on any atom is 1.00 e. The van der Waals surface area contributed by atoms with E-state index in [0.717, 1.165) is 5.16 Å². The van der Waals surface area contributed by atoms with E-state index in [1.807, 2.05) is 6.26 Å². The predicted molar refractivity (Wildman–Crippen MR) is 103 cm³/mol. The van der Waals surface area contributed by atoms with Crippen LogP contribution in [0.15, 0.2) is 5.16 Å². The molecule has 152 valence electrons. The molecule has 0 radical (unpaired) electrons. The van der Waals surface area contributed by atoms with Gasteiger partial charge in [0.15, 0.2) is 5.16 Å². The molecule has 0 aliphatic heterocycles. The zero-order valence-corrected chi connectivity index (χ0v) is 21.3. The van der Waals surface area contributed by atoms with Gasteiger partial charge in [-0.05, 0) is 34.0 Å². The molecule has 1 rings (SSSR count). The van der Waals surface area contributed by atoms with Crippen molar-refractivity contribution >= 4 is 37.2 Å². The zero-order chi connectivity index (χ0) is 20.3. The summed E-state index contributed by atoms with van der Waals surface area (Å²) in [4.78, 5) is 39.0.